The summed E-state index contributed by atoms with van der Waals surface area (Å²) >= 11 is 2.49. The second-order valence-electron chi connectivity index (χ2n) is 12.7. The third kappa shape index (κ3) is 13.4. The highest BCUT2D eigenvalue weighted by Crippen LogP contribution is 2.50. The molecule has 254 valence electrons. The van der Waals surface area contributed by atoms with E-state index in [1.807, 2.05) is 41.5 Å². The van der Waals surface area contributed by atoms with E-state index in [0.29, 0.717) is 42.8 Å². The first-order valence-electron chi connectivity index (χ1n) is 14.9. The number of aromatic nitrogens is 2. The summed E-state index contributed by atoms with van der Waals surface area (Å²) in [4.78, 5) is 53.5. The number of carbonyl (C=O) groups excluding carboxylic acids is 2. The smallest absolute Gasteiger partial charge is 0.352 e. The number of nitrogens with one attached hydrogen (secondary N) is 1. The van der Waals surface area contributed by atoms with Crippen molar-refractivity contribution in [3.8, 4) is 0 Å². The van der Waals surface area contributed by atoms with E-state index in [-0.39, 0.29) is 36.5 Å². The van der Waals surface area contributed by atoms with Crippen molar-refractivity contribution in [2.75, 3.05) is 31.3 Å². The van der Waals surface area contributed by atoms with Gasteiger partial charge in [0.25, 0.3) is 5.56 Å². The highest BCUT2D eigenvalue weighted by Gasteiger charge is 2.39. The number of unbranched alkanes of at least 4 members (excludes halogenated alkanes) is 2. The van der Waals surface area contributed by atoms with Crippen LogP contribution in [0, 0.1) is 17.8 Å². The Kier molecular flexibility index (Phi) is 15.6. The number of phosphoric ester groups is 1. The third-order valence-corrected chi connectivity index (χ3v) is 10.7. The predicted octanol–water partition coefficient (Wildman–Crippen LogP) is 6.14. The highest BCUT2D eigenvalue weighted by atomic mass is 32.2. The van der Waals surface area contributed by atoms with Gasteiger partial charge in [-0.3, -0.25) is 37.5 Å². The lowest BCUT2D eigenvalue weighted by Gasteiger charge is -2.22. The maximum atomic E-state index is 13.6. The van der Waals surface area contributed by atoms with Crippen molar-refractivity contribution >= 4 is 41.6 Å². The lowest BCUT2D eigenvalue weighted by atomic mass is 9.99. The van der Waals surface area contributed by atoms with Crippen LogP contribution in [-0.4, -0.2) is 63.3 Å². The molecule has 0 saturated carbocycles. The highest BCUT2D eigenvalue weighted by molar-refractivity contribution is 8.14. The average molecular weight is 692 g/mol. The molecule has 0 aliphatic carbocycles. The van der Waals surface area contributed by atoms with Gasteiger partial charge in [-0.1, -0.05) is 70.2 Å². The second-order valence-corrected chi connectivity index (χ2v) is 16.5. The molecule has 3 atom stereocenters. The molecule has 17 heteroatoms. The Hall–Kier alpha value is -1.90. The molecule has 1 aliphatic rings. The van der Waals surface area contributed by atoms with Crippen molar-refractivity contribution in [2.45, 2.75) is 98.9 Å². The number of rotatable bonds is 17. The summed E-state index contributed by atoms with van der Waals surface area (Å²) in [6.07, 6.45) is 2.03. The molecule has 0 spiro atoms. The number of thioether (sulfide) groups is 2. The molecule has 0 aromatic carbocycles. The van der Waals surface area contributed by atoms with Crippen molar-refractivity contribution in [1.82, 2.24) is 9.55 Å². The van der Waals surface area contributed by atoms with Crippen LogP contribution in [0.3, 0.4) is 0 Å². The first-order valence-corrected chi connectivity index (χ1v) is 18.3. The zero-order chi connectivity index (χ0) is 33.8. The Balaban J connectivity index is 2.01. The summed E-state index contributed by atoms with van der Waals surface area (Å²) in [7, 11) is -4.10. The van der Waals surface area contributed by atoms with E-state index < -0.39 is 48.3 Å². The van der Waals surface area contributed by atoms with Crippen LogP contribution >= 0.6 is 31.3 Å². The molecule has 2 heterocycles. The number of aryl methyl sites for hydroxylation is 1. The molecule has 1 aliphatic heterocycles. The number of H-pyrrole nitrogens is 1. The van der Waals surface area contributed by atoms with Gasteiger partial charge in [-0.2, -0.15) is 0 Å². The van der Waals surface area contributed by atoms with Gasteiger partial charge in [-0.15, -0.1) is 0 Å². The molecule has 14 nitrogen and oxygen atoms in total. The number of phosphoric acid groups is 1. The van der Waals surface area contributed by atoms with Crippen LogP contribution in [0.2, 0.25) is 0 Å². The lowest BCUT2D eigenvalue weighted by Crippen LogP contribution is -2.33. The molecule has 1 aromatic rings. The van der Waals surface area contributed by atoms with E-state index in [4.69, 9.17) is 23.8 Å². The van der Waals surface area contributed by atoms with Crippen LogP contribution in [0.25, 0.3) is 10.4 Å². The normalized spacial score (nSPS) is 19.0. The van der Waals surface area contributed by atoms with Gasteiger partial charge in [-0.05, 0) is 38.1 Å². The molecule has 2 rings (SSSR count). The fourth-order valence-corrected chi connectivity index (χ4v) is 7.02. The average Bonchev–Trinajstić information content (AvgIpc) is 3.34. The van der Waals surface area contributed by atoms with E-state index in [9.17, 15) is 23.7 Å². The molecular weight excluding hydrogens is 645 g/mol. The van der Waals surface area contributed by atoms with Gasteiger partial charge in [0.05, 0.1) is 32.0 Å². The van der Waals surface area contributed by atoms with Crippen molar-refractivity contribution in [3.05, 3.63) is 43.0 Å². The molecule has 0 amide bonds. The minimum Gasteiger partial charge on any atom is -0.352 e. The summed E-state index contributed by atoms with van der Waals surface area (Å²) in [6, 6.07) is -0.762. The summed E-state index contributed by atoms with van der Waals surface area (Å²) in [5.74, 6) is 1.18. The molecule has 45 heavy (non-hydrogen) atoms. The molecule has 1 aromatic heterocycles. The Morgan fingerprint density at radius 2 is 1.56 bits per heavy atom. The number of hydrogen-bond acceptors (Lipinski definition) is 12. The van der Waals surface area contributed by atoms with Gasteiger partial charge in [-0.25, -0.2) is 9.36 Å². The molecular formula is C28H46N5O9PS2. The van der Waals surface area contributed by atoms with Gasteiger partial charge >= 0.3 is 13.5 Å². The van der Waals surface area contributed by atoms with Gasteiger partial charge in [0.15, 0.2) is 10.2 Å². The third-order valence-electron chi connectivity index (χ3n) is 6.52. The zero-order valence-electron chi connectivity index (χ0n) is 27.1. The number of ether oxygens (including phenoxy) is 1. The van der Waals surface area contributed by atoms with Crippen molar-refractivity contribution in [2.24, 2.45) is 15.9 Å². The largest absolute Gasteiger partial charge is 0.474 e. The Labute approximate surface area is 272 Å². The monoisotopic (exact) mass is 691 g/mol. The van der Waals surface area contributed by atoms with E-state index in [1.165, 1.54) is 34.3 Å². The van der Waals surface area contributed by atoms with E-state index >= 15 is 0 Å². The SMILES string of the molecule is Cc1cn([C@H]2C[C@H](N=[N+]=[N-])[C@@H](COP(=O)(OCCCCSC(=O)C(C)(C)C)OCCCCSC(=O)C(C)(C)C)O2)c(=O)[nH]c1=O. The van der Waals surface area contributed by atoms with E-state index in [1.54, 1.807) is 6.92 Å². The summed E-state index contributed by atoms with van der Waals surface area (Å²) in [5.41, 5.74) is 7.32. The number of hydrogen-bond donors (Lipinski definition) is 1. The number of aromatic amines is 1. The molecule has 1 N–H and O–H groups in total. The van der Waals surface area contributed by atoms with E-state index in [2.05, 4.69) is 15.0 Å². The Morgan fingerprint density at radius 3 is 2.04 bits per heavy atom. The number of azide groups is 1. The fraction of sp³-hybridized carbons (Fsp3) is 0.786. The molecule has 1 saturated heterocycles. The zero-order valence-corrected chi connectivity index (χ0v) is 29.6. The standard InChI is InChI=1S/C28H46N5O9PS2/c1-19-17-33(26(37)30-23(19)34)22-16-20(31-32-29)21(42-22)18-41-43(38,39-12-8-10-14-44-24(35)27(2,3)4)40-13-9-11-15-45-25(36)28(5,6)7/h17,20-22H,8-16,18H2,1-7H3,(H,30,34,37)/t20-,21+,22+/m0/s1. The maximum absolute atomic E-state index is 13.6. The predicted molar refractivity (Wildman–Crippen MR) is 175 cm³/mol. The molecule has 1 fully saturated rings. The summed E-state index contributed by atoms with van der Waals surface area (Å²) in [5, 5.41) is 3.94. The van der Waals surface area contributed by atoms with Crippen LogP contribution in [0.1, 0.15) is 85.4 Å². The topological polar surface area (TPSA) is 192 Å². The van der Waals surface area contributed by atoms with Crippen LogP contribution < -0.4 is 11.2 Å². The number of nitrogens with zero attached hydrogens (tertiary/aromatic N) is 4. The molecule has 0 bridgehead atoms. The maximum Gasteiger partial charge on any atom is 0.474 e. The fourth-order valence-electron chi connectivity index (χ4n) is 3.82. The van der Waals surface area contributed by atoms with Crippen LogP contribution in [0.4, 0.5) is 0 Å². The summed E-state index contributed by atoms with van der Waals surface area (Å²) < 4.78 is 37.7. The van der Waals surface area contributed by atoms with Crippen molar-refractivity contribution in [3.63, 3.8) is 0 Å². The second kappa shape index (κ2) is 17.9. The van der Waals surface area contributed by atoms with Gasteiger partial charge < -0.3 is 4.74 Å². The number of carbonyl (C=O) groups is 2. The Morgan fingerprint density at radius 1 is 1.02 bits per heavy atom. The van der Waals surface area contributed by atoms with Crippen LogP contribution in [-0.2, 0) is 32.5 Å². The van der Waals surface area contributed by atoms with Gasteiger partial charge in [0.2, 0.25) is 0 Å². The lowest BCUT2D eigenvalue weighted by molar-refractivity contribution is -0.118. The molecule has 0 unspecified atom stereocenters. The van der Waals surface area contributed by atoms with Crippen molar-refractivity contribution < 1.29 is 32.5 Å². The molecule has 0 radical (unpaired) electrons. The first kappa shape index (κ1) is 39.3. The Bertz CT molecular complexity index is 1320. The minimum atomic E-state index is -4.10. The summed E-state index contributed by atoms with van der Waals surface area (Å²) in [6.45, 7) is 12.5. The first-order chi connectivity index (χ1) is 21.0. The van der Waals surface area contributed by atoms with Gasteiger partial charge in [0, 0.05) is 45.4 Å². The van der Waals surface area contributed by atoms with E-state index in [0.717, 1.165) is 0 Å². The van der Waals surface area contributed by atoms with Crippen LogP contribution in [0.5, 0.6) is 0 Å². The van der Waals surface area contributed by atoms with Crippen LogP contribution in [0.15, 0.2) is 20.9 Å². The quantitative estimate of drug-likeness (QED) is 0.0648. The van der Waals surface area contributed by atoms with Gasteiger partial charge in [0.1, 0.15) is 6.23 Å². The van der Waals surface area contributed by atoms with Crippen molar-refractivity contribution in [1.29, 1.82) is 0 Å². The minimum absolute atomic E-state index is 0.0530.